The summed E-state index contributed by atoms with van der Waals surface area (Å²) in [6.45, 7) is 2.25. The molecule has 3 aromatic carbocycles. The summed E-state index contributed by atoms with van der Waals surface area (Å²) in [4.78, 5) is 40.0. The van der Waals surface area contributed by atoms with E-state index < -0.39 is 17.8 Å². The average molecular weight is 668 g/mol. The van der Waals surface area contributed by atoms with Gasteiger partial charge in [0.05, 0.1) is 5.56 Å². The Kier molecular flexibility index (Phi) is 11.0. The first-order valence-corrected chi connectivity index (χ1v) is 16.9. The lowest BCUT2D eigenvalue weighted by Crippen LogP contribution is -2.48. The van der Waals surface area contributed by atoms with Crippen molar-refractivity contribution in [1.82, 2.24) is 36.6 Å². The Bertz CT molecular complexity index is 1720. The van der Waals surface area contributed by atoms with Gasteiger partial charge in [0.25, 0.3) is 5.91 Å². The Morgan fingerprint density at radius 2 is 1.57 bits per heavy atom. The van der Waals surface area contributed by atoms with Crippen molar-refractivity contribution in [2.75, 3.05) is 25.0 Å². The highest BCUT2D eigenvalue weighted by molar-refractivity contribution is 5.98. The van der Waals surface area contributed by atoms with E-state index in [4.69, 9.17) is 5.73 Å². The number of carbonyl (C=O) groups is 3. The van der Waals surface area contributed by atoms with E-state index >= 15 is 0 Å². The molecule has 4 aromatic rings. The average Bonchev–Trinajstić information content (AvgIpc) is 3.68. The van der Waals surface area contributed by atoms with Crippen LogP contribution in [-0.4, -0.2) is 70.1 Å². The van der Waals surface area contributed by atoms with E-state index in [0.29, 0.717) is 29.5 Å². The maximum absolute atomic E-state index is 14.7. The van der Waals surface area contributed by atoms with Crippen molar-refractivity contribution in [3.05, 3.63) is 83.7 Å². The second kappa shape index (κ2) is 15.9. The topological polar surface area (TPSA) is 180 Å². The smallest absolute Gasteiger partial charge is 0.254 e. The molecule has 13 heteroatoms. The van der Waals surface area contributed by atoms with E-state index in [9.17, 15) is 18.8 Å². The Hall–Kier alpha value is -5.01. The van der Waals surface area contributed by atoms with Crippen LogP contribution in [0.4, 0.5) is 10.1 Å². The lowest BCUT2D eigenvalue weighted by molar-refractivity contribution is -0.130. The molecular weight excluding hydrogens is 625 g/mol. The lowest BCUT2D eigenvalue weighted by atomic mass is 9.81. The molecule has 6 rings (SSSR count). The van der Waals surface area contributed by atoms with E-state index in [1.165, 1.54) is 6.07 Å². The van der Waals surface area contributed by atoms with Crippen LogP contribution in [0.5, 0.6) is 0 Å². The Morgan fingerprint density at radius 1 is 0.878 bits per heavy atom. The molecule has 1 unspecified atom stereocenters. The maximum atomic E-state index is 14.7. The Balaban J connectivity index is 1.15. The third-order valence-corrected chi connectivity index (χ3v) is 9.55. The van der Waals surface area contributed by atoms with Crippen LogP contribution in [-0.2, 0) is 16.0 Å². The number of amides is 3. The normalized spacial score (nSPS) is 18.7. The molecule has 2 heterocycles. The fraction of sp³-hybridized carbons (Fsp3) is 0.389. The van der Waals surface area contributed by atoms with Crippen LogP contribution in [0.3, 0.4) is 0 Å². The number of rotatable bonds is 11. The maximum Gasteiger partial charge on any atom is 0.254 e. The van der Waals surface area contributed by atoms with Gasteiger partial charge in [-0.25, -0.2) is 4.39 Å². The molecule has 49 heavy (non-hydrogen) atoms. The van der Waals surface area contributed by atoms with Gasteiger partial charge < -0.3 is 27.0 Å². The van der Waals surface area contributed by atoms with Crippen LogP contribution in [0, 0.1) is 17.7 Å². The van der Waals surface area contributed by atoms with E-state index in [1.807, 2.05) is 24.3 Å². The molecular formula is C36H42FN9O3. The van der Waals surface area contributed by atoms with E-state index in [0.717, 1.165) is 68.3 Å². The van der Waals surface area contributed by atoms with E-state index in [2.05, 4.69) is 41.9 Å². The van der Waals surface area contributed by atoms with Crippen molar-refractivity contribution < 1.29 is 18.8 Å². The molecule has 256 valence electrons. The monoisotopic (exact) mass is 667 g/mol. The first kappa shape index (κ1) is 33.9. The van der Waals surface area contributed by atoms with Crippen molar-refractivity contribution in [3.8, 4) is 22.5 Å². The highest BCUT2D eigenvalue weighted by Crippen LogP contribution is 2.29. The number of hydrogen-bond acceptors (Lipinski definition) is 8. The second-order valence-electron chi connectivity index (χ2n) is 12.9. The van der Waals surface area contributed by atoms with Gasteiger partial charge in [-0.2, -0.15) is 5.21 Å². The first-order valence-electron chi connectivity index (χ1n) is 16.9. The summed E-state index contributed by atoms with van der Waals surface area (Å²) in [5.74, 6) is -0.781. The number of piperidine rings is 1. The Morgan fingerprint density at radius 3 is 2.24 bits per heavy atom. The summed E-state index contributed by atoms with van der Waals surface area (Å²) in [7, 11) is 0. The number of tetrazole rings is 1. The number of aromatic nitrogens is 4. The first-order chi connectivity index (χ1) is 23.9. The number of carbonyl (C=O) groups excluding carboxylic acids is 3. The van der Waals surface area contributed by atoms with Gasteiger partial charge in [0.2, 0.25) is 17.6 Å². The molecule has 0 radical (unpaired) electrons. The summed E-state index contributed by atoms with van der Waals surface area (Å²) < 4.78 is 14.7. The SMILES string of the molecule is NCC1CCC(C(=O)NC(Cc2ccc(-c3ccc(F)c(C(=O)NC4CCNCC4)c3)cc2)C(=O)Nc2ccc(-c3nn[nH]n3)cc2)CC1. The molecule has 0 spiro atoms. The van der Waals surface area contributed by atoms with Crippen molar-refractivity contribution >= 4 is 23.4 Å². The number of nitrogens with two attached hydrogens (primary N) is 1. The fourth-order valence-corrected chi connectivity index (χ4v) is 6.55. The number of anilines is 1. The molecule has 3 amide bonds. The predicted molar refractivity (Wildman–Crippen MR) is 184 cm³/mol. The summed E-state index contributed by atoms with van der Waals surface area (Å²) >= 11 is 0. The van der Waals surface area contributed by atoms with Gasteiger partial charge in [-0.3, -0.25) is 14.4 Å². The lowest BCUT2D eigenvalue weighted by Gasteiger charge is -2.28. The zero-order valence-corrected chi connectivity index (χ0v) is 27.3. The molecule has 1 saturated carbocycles. The third-order valence-electron chi connectivity index (χ3n) is 9.55. The van der Waals surface area contributed by atoms with Crippen LogP contribution in [0.15, 0.2) is 66.7 Å². The number of benzene rings is 3. The fourth-order valence-electron chi connectivity index (χ4n) is 6.55. The largest absolute Gasteiger partial charge is 0.349 e. The van der Waals surface area contributed by atoms with Crippen LogP contribution in [0.2, 0.25) is 0 Å². The summed E-state index contributed by atoms with van der Waals surface area (Å²) in [5.41, 5.74) is 9.47. The summed E-state index contributed by atoms with van der Waals surface area (Å²) in [6.07, 6.45) is 5.13. The van der Waals surface area contributed by atoms with Crippen LogP contribution in [0.1, 0.15) is 54.4 Å². The van der Waals surface area contributed by atoms with Gasteiger partial charge in [0.1, 0.15) is 11.9 Å². The molecule has 7 N–H and O–H groups in total. The van der Waals surface area contributed by atoms with Crippen molar-refractivity contribution in [1.29, 1.82) is 0 Å². The molecule has 1 aromatic heterocycles. The predicted octanol–water partition coefficient (Wildman–Crippen LogP) is 3.59. The number of nitrogens with one attached hydrogen (secondary N) is 5. The summed E-state index contributed by atoms with van der Waals surface area (Å²) in [5, 5.41) is 26.1. The molecule has 2 fully saturated rings. The number of hydrogen-bond donors (Lipinski definition) is 6. The zero-order valence-electron chi connectivity index (χ0n) is 27.3. The molecule has 1 saturated heterocycles. The van der Waals surface area contributed by atoms with Crippen LogP contribution in [0.25, 0.3) is 22.5 Å². The van der Waals surface area contributed by atoms with Crippen molar-refractivity contribution in [3.63, 3.8) is 0 Å². The minimum absolute atomic E-state index is 0.00498. The van der Waals surface area contributed by atoms with Crippen LogP contribution >= 0.6 is 0 Å². The molecule has 0 bridgehead atoms. The number of aromatic amines is 1. The van der Waals surface area contributed by atoms with Gasteiger partial charge in [-0.1, -0.05) is 30.3 Å². The van der Waals surface area contributed by atoms with Gasteiger partial charge in [0, 0.05) is 29.6 Å². The highest BCUT2D eigenvalue weighted by atomic mass is 19.1. The number of H-pyrrole nitrogens is 1. The minimum Gasteiger partial charge on any atom is -0.349 e. The quantitative estimate of drug-likeness (QED) is 0.140. The number of nitrogens with zero attached hydrogens (tertiary/aromatic N) is 3. The van der Waals surface area contributed by atoms with Gasteiger partial charge in [-0.15, -0.1) is 10.2 Å². The molecule has 1 aliphatic heterocycles. The third kappa shape index (κ3) is 8.72. The second-order valence-corrected chi connectivity index (χ2v) is 12.9. The van der Waals surface area contributed by atoms with Crippen molar-refractivity contribution in [2.45, 2.75) is 57.0 Å². The Labute approximate surface area is 284 Å². The summed E-state index contributed by atoms with van der Waals surface area (Å²) in [6, 6.07) is 18.3. The number of halogens is 1. The zero-order chi connectivity index (χ0) is 34.2. The van der Waals surface area contributed by atoms with Crippen LogP contribution < -0.4 is 27.0 Å². The van der Waals surface area contributed by atoms with E-state index in [-0.39, 0.29) is 35.8 Å². The molecule has 1 atom stereocenters. The molecule has 12 nitrogen and oxygen atoms in total. The minimum atomic E-state index is -0.835. The van der Waals surface area contributed by atoms with Gasteiger partial charge in [-0.05, 0) is 122 Å². The van der Waals surface area contributed by atoms with E-state index in [1.54, 1.807) is 36.4 Å². The van der Waals surface area contributed by atoms with Gasteiger partial charge in [0.15, 0.2) is 0 Å². The molecule has 2 aliphatic rings. The molecule has 1 aliphatic carbocycles. The van der Waals surface area contributed by atoms with Gasteiger partial charge >= 0.3 is 0 Å². The standard InChI is InChI=1S/C36H42FN9O3/c37-31-14-11-27(20-30(31)35(48)40-29-15-17-39-18-16-29)24-5-1-22(2-6-24)19-32(42-34(47)26-7-3-23(21-38)4-8-26)36(49)41-28-12-9-25(10-13-28)33-43-45-46-44-33/h1-2,5-6,9-14,20,23,26,29,32,39H,3-4,7-8,15-19,21,38H2,(H,40,48)(H,41,49)(H,42,47)(H,43,44,45,46). The van der Waals surface area contributed by atoms with Crippen molar-refractivity contribution in [2.24, 2.45) is 17.6 Å². The highest BCUT2D eigenvalue weighted by Gasteiger charge is 2.29.